The maximum atomic E-state index is 8.28. The second-order valence-corrected chi connectivity index (χ2v) is 2.70. The average molecular weight is 145 g/mol. The molecule has 1 nitrogen and oxygen atoms in total. The zero-order chi connectivity index (χ0) is 8.10. The molecule has 0 radical (unpaired) electrons. The summed E-state index contributed by atoms with van der Waals surface area (Å²) in [6, 6.07) is 1.95. The van der Waals surface area contributed by atoms with Crippen molar-refractivity contribution in [3.8, 4) is 6.07 Å². The third kappa shape index (κ3) is 2.11. The van der Waals surface area contributed by atoms with Gasteiger partial charge in [-0.2, -0.15) is 5.26 Å². The van der Waals surface area contributed by atoms with Crippen molar-refractivity contribution < 1.29 is 0 Å². The van der Waals surface area contributed by atoms with E-state index >= 15 is 0 Å². The minimum atomic E-state index is 0.466. The number of hydrogen-bond donors (Lipinski definition) is 0. The van der Waals surface area contributed by atoms with E-state index in [2.05, 4.69) is 24.8 Å². The van der Waals surface area contributed by atoms with Crippen LogP contribution in [0.1, 0.15) is 19.8 Å². The molecule has 1 aliphatic carbocycles. The lowest BCUT2D eigenvalue weighted by molar-refractivity contribution is 0.748. The van der Waals surface area contributed by atoms with Gasteiger partial charge in [-0.3, -0.25) is 0 Å². The average Bonchev–Trinajstić information content (AvgIpc) is 2.03. The first-order chi connectivity index (χ1) is 5.34. The summed E-state index contributed by atoms with van der Waals surface area (Å²) in [6.45, 7) is 2.13. The molecule has 0 aliphatic heterocycles. The number of allylic oxidation sites excluding steroid dienone is 3. The summed E-state index contributed by atoms with van der Waals surface area (Å²) < 4.78 is 0. The number of nitrogens with zero attached hydrogens (tertiary/aromatic N) is 1. The smallest absolute Gasteiger partial charge is 0.0996 e. The van der Waals surface area contributed by atoms with Crippen molar-refractivity contribution in [2.45, 2.75) is 19.8 Å². The Morgan fingerprint density at radius 1 is 1.73 bits per heavy atom. The highest BCUT2D eigenvalue weighted by Gasteiger charge is 2.07. The van der Waals surface area contributed by atoms with Crippen molar-refractivity contribution in [3.05, 3.63) is 29.5 Å². The SMILES string of the molecule is CC1C=CCCC1=C=CC#N. The van der Waals surface area contributed by atoms with Crippen molar-refractivity contribution in [2.24, 2.45) is 5.92 Å². The van der Waals surface area contributed by atoms with Crippen molar-refractivity contribution in [1.82, 2.24) is 0 Å². The van der Waals surface area contributed by atoms with E-state index in [1.165, 1.54) is 11.6 Å². The zero-order valence-electron chi connectivity index (χ0n) is 6.67. The quantitative estimate of drug-likeness (QED) is 0.292. The Bertz CT molecular complexity index is 259. The minimum Gasteiger partial charge on any atom is -0.192 e. The minimum absolute atomic E-state index is 0.466. The van der Waals surface area contributed by atoms with Crippen LogP contribution >= 0.6 is 0 Å². The van der Waals surface area contributed by atoms with Gasteiger partial charge in [0, 0.05) is 5.92 Å². The first-order valence-corrected chi connectivity index (χ1v) is 3.85. The molecule has 0 fully saturated rings. The summed E-state index contributed by atoms with van der Waals surface area (Å²) >= 11 is 0. The molecular formula is C10H11N. The molecule has 0 aromatic carbocycles. The fraction of sp³-hybridized carbons (Fsp3) is 0.400. The van der Waals surface area contributed by atoms with E-state index < -0.39 is 0 Å². The molecule has 56 valence electrons. The van der Waals surface area contributed by atoms with Crippen molar-refractivity contribution in [1.29, 1.82) is 5.26 Å². The van der Waals surface area contributed by atoms with Gasteiger partial charge in [0.2, 0.25) is 0 Å². The third-order valence-electron chi connectivity index (χ3n) is 1.88. The highest BCUT2D eigenvalue weighted by atomic mass is 14.2. The van der Waals surface area contributed by atoms with Crippen LogP contribution in [-0.4, -0.2) is 0 Å². The monoisotopic (exact) mass is 145 g/mol. The van der Waals surface area contributed by atoms with Gasteiger partial charge in [0.1, 0.15) is 0 Å². The van der Waals surface area contributed by atoms with E-state index in [9.17, 15) is 0 Å². The van der Waals surface area contributed by atoms with Gasteiger partial charge in [-0.15, -0.1) is 5.73 Å². The van der Waals surface area contributed by atoms with Gasteiger partial charge >= 0.3 is 0 Å². The first-order valence-electron chi connectivity index (χ1n) is 3.85. The van der Waals surface area contributed by atoms with E-state index in [0.29, 0.717) is 5.92 Å². The maximum Gasteiger partial charge on any atom is 0.0996 e. The van der Waals surface area contributed by atoms with Gasteiger partial charge in [-0.05, 0) is 18.4 Å². The second-order valence-electron chi connectivity index (χ2n) is 2.70. The molecule has 0 spiro atoms. The summed E-state index contributed by atoms with van der Waals surface area (Å²) in [7, 11) is 0. The largest absolute Gasteiger partial charge is 0.192 e. The molecule has 0 bridgehead atoms. The molecule has 0 amide bonds. The Balaban J connectivity index is 2.82. The molecule has 0 N–H and O–H groups in total. The van der Waals surface area contributed by atoms with Crippen LogP contribution in [0.4, 0.5) is 0 Å². The summed E-state index contributed by atoms with van der Waals surface area (Å²) in [5.74, 6) is 0.466. The molecule has 1 aliphatic rings. The lowest BCUT2D eigenvalue weighted by Gasteiger charge is -2.12. The Hall–Kier alpha value is -1.25. The lowest BCUT2D eigenvalue weighted by atomic mass is 9.92. The highest BCUT2D eigenvalue weighted by Crippen LogP contribution is 2.21. The molecule has 0 saturated carbocycles. The summed E-state index contributed by atoms with van der Waals surface area (Å²) in [5, 5.41) is 8.28. The molecule has 1 rings (SSSR count). The molecular weight excluding hydrogens is 134 g/mol. The van der Waals surface area contributed by atoms with Crippen LogP contribution in [0.25, 0.3) is 0 Å². The van der Waals surface area contributed by atoms with Crippen LogP contribution in [0.5, 0.6) is 0 Å². The van der Waals surface area contributed by atoms with Gasteiger partial charge in [-0.25, -0.2) is 0 Å². The van der Waals surface area contributed by atoms with Crippen molar-refractivity contribution in [3.63, 3.8) is 0 Å². The Morgan fingerprint density at radius 2 is 2.55 bits per heavy atom. The Morgan fingerprint density at radius 3 is 3.18 bits per heavy atom. The van der Waals surface area contributed by atoms with E-state index in [1.54, 1.807) is 0 Å². The van der Waals surface area contributed by atoms with Gasteiger partial charge in [0.05, 0.1) is 12.1 Å². The fourth-order valence-corrected chi connectivity index (χ4v) is 1.21. The van der Waals surface area contributed by atoms with E-state index in [0.717, 1.165) is 12.8 Å². The van der Waals surface area contributed by atoms with E-state index in [4.69, 9.17) is 5.26 Å². The lowest BCUT2D eigenvalue weighted by Crippen LogP contribution is -1.98. The van der Waals surface area contributed by atoms with Gasteiger partial charge < -0.3 is 0 Å². The van der Waals surface area contributed by atoms with Gasteiger partial charge in [0.25, 0.3) is 0 Å². The zero-order valence-corrected chi connectivity index (χ0v) is 6.67. The molecule has 0 aromatic heterocycles. The molecule has 11 heavy (non-hydrogen) atoms. The number of hydrogen-bond acceptors (Lipinski definition) is 1. The highest BCUT2D eigenvalue weighted by molar-refractivity contribution is 5.18. The normalized spacial score (nSPS) is 22.2. The van der Waals surface area contributed by atoms with Crippen LogP contribution in [0.2, 0.25) is 0 Å². The molecule has 0 heterocycles. The molecule has 0 aromatic rings. The van der Waals surface area contributed by atoms with Crippen LogP contribution in [0.3, 0.4) is 0 Å². The predicted octanol–water partition coefficient (Wildman–Crippen LogP) is 2.58. The van der Waals surface area contributed by atoms with E-state index in [1.807, 2.05) is 6.07 Å². The summed E-state index contributed by atoms with van der Waals surface area (Å²) in [5.41, 5.74) is 4.24. The van der Waals surface area contributed by atoms with Gasteiger partial charge in [-0.1, -0.05) is 19.1 Å². The topological polar surface area (TPSA) is 23.8 Å². The third-order valence-corrected chi connectivity index (χ3v) is 1.88. The first kappa shape index (κ1) is 7.85. The summed E-state index contributed by atoms with van der Waals surface area (Å²) in [4.78, 5) is 0. The Labute approximate surface area is 67.3 Å². The standard InChI is InChI=1S/C10H11N/c1-9-5-2-3-6-10(9)7-4-8-11/h2,4-5,9H,3,6H2,1H3. The molecule has 1 atom stereocenters. The van der Waals surface area contributed by atoms with Crippen LogP contribution in [0, 0.1) is 17.2 Å². The van der Waals surface area contributed by atoms with Crippen LogP contribution in [0.15, 0.2) is 29.5 Å². The van der Waals surface area contributed by atoms with Crippen LogP contribution < -0.4 is 0 Å². The second kappa shape index (κ2) is 3.81. The molecule has 1 heteroatoms. The van der Waals surface area contributed by atoms with E-state index in [-0.39, 0.29) is 0 Å². The predicted molar refractivity (Wildman–Crippen MR) is 44.7 cm³/mol. The number of rotatable bonds is 0. The maximum absolute atomic E-state index is 8.28. The van der Waals surface area contributed by atoms with Crippen LogP contribution in [-0.2, 0) is 0 Å². The van der Waals surface area contributed by atoms with Gasteiger partial charge in [0.15, 0.2) is 0 Å². The molecule has 0 saturated heterocycles. The molecule has 1 unspecified atom stereocenters. The van der Waals surface area contributed by atoms with Crippen molar-refractivity contribution in [2.75, 3.05) is 0 Å². The number of nitriles is 1. The Kier molecular flexibility index (Phi) is 2.72. The van der Waals surface area contributed by atoms with Crippen molar-refractivity contribution >= 4 is 0 Å². The fourth-order valence-electron chi connectivity index (χ4n) is 1.21. The summed E-state index contributed by atoms with van der Waals surface area (Å²) in [6.07, 6.45) is 7.92.